The minimum Gasteiger partial charge on any atom is -0.423 e. The highest BCUT2D eigenvalue weighted by Gasteiger charge is 2.37. The Morgan fingerprint density at radius 1 is 1.19 bits per heavy atom. The van der Waals surface area contributed by atoms with E-state index in [9.17, 15) is 33.5 Å². The number of rotatable bonds is 4. The zero-order valence-corrected chi connectivity index (χ0v) is 14.0. The average molecular weight is 375 g/mol. The number of hydrogen-bond acceptors (Lipinski definition) is 5. The molecule has 2 atom stereocenters. The van der Waals surface area contributed by atoms with Gasteiger partial charge in [0.05, 0.1) is 12.1 Å². The van der Waals surface area contributed by atoms with Gasteiger partial charge in [-0.15, -0.1) is 0 Å². The van der Waals surface area contributed by atoms with E-state index in [2.05, 4.69) is 0 Å². The molecule has 0 bridgehead atoms. The monoisotopic (exact) mass is 375 g/mol. The number of likely N-dealkylation sites (tertiary alicyclic amines) is 1. The third-order valence-corrected chi connectivity index (χ3v) is 4.60. The van der Waals surface area contributed by atoms with Gasteiger partial charge < -0.3 is 20.1 Å². The van der Waals surface area contributed by atoms with E-state index in [1.54, 1.807) is 0 Å². The molecule has 2 unspecified atom stereocenters. The van der Waals surface area contributed by atoms with E-state index >= 15 is 0 Å². The van der Waals surface area contributed by atoms with Crippen LogP contribution in [0.3, 0.4) is 0 Å². The maximum atomic E-state index is 14.2. The van der Waals surface area contributed by atoms with Gasteiger partial charge >= 0.3 is 7.12 Å². The summed E-state index contributed by atoms with van der Waals surface area (Å²) in [4.78, 5) is 25.3. The Bertz CT molecular complexity index is 892. The lowest BCUT2D eigenvalue weighted by molar-refractivity contribution is 0.0713. The van der Waals surface area contributed by atoms with Crippen molar-refractivity contribution < 1.29 is 33.5 Å². The molecular weight excluding hydrogens is 359 g/mol. The Kier molecular flexibility index (Phi) is 5.36. The molecule has 2 aromatic rings. The lowest BCUT2D eigenvalue weighted by Crippen LogP contribution is -2.35. The van der Waals surface area contributed by atoms with Gasteiger partial charge in [0.2, 0.25) is 0 Å². The van der Waals surface area contributed by atoms with Crippen molar-refractivity contribution in [2.45, 2.75) is 18.6 Å². The summed E-state index contributed by atoms with van der Waals surface area (Å²) >= 11 is 0. The number of amides is 1. The molecule has 9 heteroatoms. The lowest BCUT2D eigenvalue weighted by Gasteiger charge is -2.25. The van der Waals surface area contributed by atoms with E-state index in [1.165, 1.54) is 23.1 Å². The van der Waals surface area contributed by atoms with E-state index in [4.69, 9.17) is 0 Å². The molecule has 140 valence electrons. The highest BCUT2D eigenvalue weighted by Crippen LogP contribution is 2.35. The smallest absolute Gasteiger partial charge is 0.423 e. The van der Waals surface area contributed by atoms with Crippen molar-refractivity contribution in [3.05, 3.63) is 64.7 Å². The number of halogens is 2. The number of nitrogens with zero attached hydrogens (tertiary/aromatic N) is 1. The Balaban J connectivity index is 1.97. The first-order chi connectivity index (χ1) is 12.8. The molecule has 3 rings (SSSR count). The molecule has 0 spiro atoms. The van der Waals surface area contributed by atoms with Crippen LogP contribution in [0.5, 0.6) is 0 Å². The standard InChI is InChI=1S/C18H16BF2NO5/c20-12-2-4-16(21)14(6-12)17-7-13(24)8-22(17)18(25)10-1-3-15(19(26)27)11(5-10)9-23/h1-6,9,13,17,24,26-27H,7-8H2. The van der Waals surface area contributed by atoms with Crippen LogP contribution in [0.2, 0.25) is 0 Å². The SMILES string of the molecule is O=Cc1cc(C(=O)N2CC(O)CC2c2cc(F)ccc2F)ccc1B(O)O. The highest BCUT2D eigenvalue weighted by molar-refractivity contribution is 6.60. The second-order valence-electron chi connectivity index (χ2n) is 6.36. The van der Waals surface area contributed by atoms with Crippen LogP contribution < -0.4 is 5.46 Å². The normalized spacial score (nSPS) is 19.2. The summed E-state index contributed by atoms with van der Waals surface area (Å²) in [6, 6.07) is 5.76. The van der Waals surface area contributed by atoms with Crippen LogP contribution in [0.1, 0.15) is 38.7 Å². The van der Waals surface area contributed by atoms with E-state index in [0.29, 0.717) is 6.29 Å². The molecule has 1 heterocycles. The minimum atomic E-state index is -1.88. The van der Waals surface area contributed by atoms with Crippen LogP contribution in [-0.2, 0) is 0 Å². The first-order valence-electron chi connectivity index (χ1n) is 8.21. The van der Waals surface area contributed by atoms with Crippen molar-refractivity contribution in [2.24, 2.45) is 0 Å². The molecule has 2 aromatic carbocycles. The van der Waals surface area contributed by atoms with Crippen molar-refractivity contribution in [3.8, 4) is 0 Å². The van der Waals surface area contributed by atoms with Gasteiger partial charge in [-0.1, -0.05) is 6.07 Å². The number of benzene rings is 2. The van der Waals surface area contributed by atoms with Gasteiger partial charge in [0.25, 0.3) is 5.91 Å². The molecule has 0 aromatic heterocycles. The predicted octanol–water partition coefficient (Wildman–Crippen LogP) is 0.405. The largest absolute Gasteiger partial charge is 0.489 e. The van der Waals surface area contributed by atoms with Crippen LogP contribution >= 0.6 is 0 Å². The van der Waals surface area contributed by atoms with Crippen molar-refractivity contribution in [2.75, 3.05) is 6.54 Å². The number of aldehydes is 1. The number of β-amino-alcohol motifs (C(OH)–C–C–N with tert-alkyl or cyclic N) is 1. The summed E-state index contributed by atoms with van der Waals surface area (Å²) in [5, 5.41) is 28.5. The van der Waals surface area contributed by atoms with Crippen molar-refractivity contribution >= 4 is 24.8 Å². The molecule has 1 fully saturated rings. The quantitative estimate of drug-likeness (QED) is 0.531. The second-order valence-corrected chi connectivity index (χ2v) is 6.36. The first kappa shape index (κ1) is 19.2. The predicted molar refractivity (Wildman–Crippen MR) is 92.4 cm³/mol. The molecule has 3 N–H and O–H groups in total. The van der Waals surface area contributed by atoms with E-state index in [1.807, 2.05) is 0 Å². The van der Waals surface area contributed by atoms with Crippen molar-refractivity contribution in [1.82, 2.24) is 4.90 Å². The fourth-order valence-electron chi connectivity index (χ4n) is 3.31. The van der Waals surface area contributed by atoms with Crippen LogP contribution in [0, 0.1) is 11.6 Å². The maximum absolute atomic E-state index is 14.2. The number of aliphatic hydroxyl groups excluding tert-OH is 1. The third kappa shape index (κ3) is 3.75. The van der Waals surface area contributed by atoms with Crippen LogP contribution in [0.15, 0.2) is 36.4 Å². The molecule has 1 aliphatic heterocycles. The van der Waals surface area contributed by atoms with Crippen molar-refractivity contribution in [1.29, 1.82) is 0 Å². The zero-order chi connectivity index (χ0) is 19.7. The topological polar surface area (TPSA) is 98.1 Å². The Morgan fingerprint density at radius 2 is 1.93 bits per heavy atom. The zero-order valence-electron chi connectivity index (χ0n) is 14.0. The summed E-state index contributed by atoms with van der Waals surface area (Å²) in [6.07, 6.45) is -0.487. The third-order valence-electron chi connectivity index (χ3n) is 4.60. The van der Waals surface area contributed by atoms with Gasteiger partial charge in [0, 0.05) is 23.2 Å². The van der Waals surface area contributed by atoms with E-state index < -0.39 is 36.8 Å². The summed E-state index contributed by atoms with van der Waals surface area (Å²) in [5.41, 5.74) is -0.130. The minimum absolute atomic E-state index is 0.0418. The molecular formula is C18H16BF2NO5. The summed E-state index contributed by atoms with van der Waals surface area (Å²) < 4.78 is 27.7. The van der Waals surface area contributed by atoms with Gasteiger partial charge in [0.15, 0.2) is 0 Å². The van der Waals surface area contributed by atoms with Crippen LogP contribution in [0.4, 0.5) is 8.78 Å². The van der Waals surface area contributed by atoms with Gasteiger partial charge in [-0.25, -0.2) is 8.78 Å². The molecule has 1 saturated heterocycles. The van der Waals surface area contributed by atoms with Crippen LogP contribution in [-0.4, -0.2) is 52.0 Å². The number of hydrogen-bond donors (Lipinski definition) is 3. The summed E-state index contributed by atoms with van der Waals surface area (Å²) in [5.74, 6) is -1.95. The Morgan fingerprint density at radius 3 is 2.59 bits per heavy atom. The highest BCUT2D eigenvalue weighted by atomic mass is 19.1. The molecule has 6 nitrogen and oxygen atoms in total. The maximum Gasteiger partial charge on any atom is 0.489 e. The number of carbonyl (C=O) groups excluding carboxylic acids is 2. The van der Waals surface area contributed by atoms with Crippen molar-refractivity contribution in [3.63, 3.8) is 0 Å². The number of aliphatic hydroxyl groups is 1. The van der Waals surface area contributed by atoms with E-state index in [-0.39, 0.29) is 35.1 Å². The second kappa shape index (κ2) is 7.55. The first-order valence-corrected chi connectivity index (χ1v) is 8.21. The molecule has 1 amide bonds. The summed E-state index contributed by atoms with van der Waals surface area (Å²) in [6.45, 7) is -0.0831. The van der Waals surface area contributed by atoms with Crippen LogP contribution in [0.25, 0.3) is 0 Å². The van der Waals surface area contributed by atoms with Gasteiger partial charge in [0.1, 0.15) is 17.9 Å². The van der Waals surface area contributed by atoms with Gasteiger partial charge in [-0.3, -0.25) is 9.59 Å². The fraction of sp³-hybridized carbons (Fsp3) is 0.222. The van der Waals surface area contributed by atoms with Gasteiger partial charge in [-0.2, -0.15) is 0 Å². The molecule has 0 radical (unpaired) electrons. The lowest BCUT2D eigenvalue weighted by atomic mass is 9.76. The fourth-order valence-corrected chi connectivity index (χ4v) is 3.31. The molecule has 1 aliphatic rings. The number of carbonyl (C=O) groups is 2. The van der Waals surface area contributed by atoms with E-state index in [0.717, 1.165) is 18.2 Å². The molecule has 0 saturated carbocycles. The molecule has 27 heavy (non-hydrogen) atoms. The van der Waals surface area contributed by atoms with Gasteiger partial charge in [-0.05, 0) is 42.2 Å². The Hall–Kier alpha value is -2.62. The summed E-state index contributed by atoms with van der Waals surface area (Å²) in [7, 11) is -1.88. The Labute approximate surface area is 153 Å². The molecule has 0 aliphatic carbocycles. The average Bonchev–Trinajstić information content (AvgIpc) is 3.03.